The molecule has 2 fully saturated rings. The van der Waals surface area contributed by atoms with Crippen molar-refractivity contribution >= 4 is 5.91 Å². The average molecular weight is 424 g/mol. The average Bonchev–Trinajstić information content (AvgIpc) is 3.22. The number of nitrogens with zero attached hydrogens (tertiary/aromatic N) is 3. The van der Waals surface area contributed by atoms with E-state index in [-0.39, 0.29) is 23.4 Å². The van der Waals surface area contributed by atoms with Gasteiger partial charge in [-0.1, -0.05) is 43.2 Å². The number of hydrogen-bond donors (Lipinski definition) is 1. The molecule has 1 spiro atoms. The largest absolute Gasteiger partial charge is 0.387 e. The molecule has 31 heavy (non-hydrogen) atoms. The van der Waals surface area contributed by atoms with Crippen LogP contribution in [0.4, 0.5) is 0 Å². The van der Waals surface area contributed by atoms with Crippen LogP contribution in [0.1, 0.15) is 42.5 Å². The second-order valence-corrected chi connectivity index (χ2v) is 9.64. The van der Waals surface area contributed by atoms with Crippen LogP contribution in [0.2, 0.25) is 0 Å². The fourth-order valence-corrected chi connectivity index (χ4v) is 5.55. The Kier molecular flexibility index (Phi) is 5.79. The number of amides is 1. The molecule has 0 radical (unpaired) electrons. The van der Waals surface area contributed by atoms with Gasteiger partial charge in [0.1, 0.15) is 0 Å². The van der Waals surface area contributed by atoms with Crippen LogP contribution in [0.5, 0.6) is 0 Å². The molecular formula is C25H33N3O3. The van der Waals surface area contributed by atoms with Gasteiger partial charge in [-0.05, 0) is 31.9 Å². The molecular weight excluding hydrogens is 390 g/mol. The maximum Gasteiger partial charge on any atom is 0.255 e. The first-order valence-electron chi connectivity index (χ1n) is 11.2. The van der Waals surface area contributed by atoms with E-state index in [1.54, 1.807) is 30.9 Å². The van der Waals surface area contributed by atoms with Crippen molar-refractivity contribution in [2.45, 2.75) is 44.2 Å². The number of hydrogen-bond acceptors (Lipinski definition) is 4. The van der Waals surface area contributed by atoms with Gasteiger partial charge >= 0.3 is 0 Å². The number of carbonyl (C=O) groups is 1. The second-order valence-electron chi connectivity index (χ2n) is 9.64. The highest BCUT2D eigenvalue weighted by Crippen LogP contribution is 2.51. The Morgan fingerprint density at radius 2 is 1.81 bits per heavy atom. The molecule has 1 saturated heterocycles. The van der Waals surface area contributed by atoms with Crippen LogP contribution in [-0.4, -0.2) is 65.2 Å². The predicted octanol–water partition coefficient (Wildman–Crippen LogP) is 2.84. The fourth-order valence-electron chi connectivity index (χ4n) is 5.55. The van der Waals surface area contributed by atoms with Gasteiger partial charge in [0, 0.05) is 50.4 Å². The van der Waals surface area contributed by atoms with Gasteiger partial charge < -0.3 is 19.5 Å². The zero-order valence-electron chi connectivity index (χ0n) is 18.8. The monoisotopic (exact) mass is 423 g/mol. The Morgan fingerprint density at radius 1 is 1.13 bits per heavy atom. The summed E-state index contributed by atoms with van der Waals surface area (Å²) < 4.78 is 1.56. The third kappa shape index (κ3) is 3.94. The number of aliphatic hydroxyl groups is 1. The van der Waals surface area contributed by atoms with Crippen LogP contribution in [0.15, 0.2) is 47.4 Å². The van der Waals surface area contributed by atoms with E-state index in [1.807, 2.05) is 30.3 Å². The SMILES string of the molecule is CN1CCC(O)(Cn2cc(C(=O)N(C)C)c(-c3ccccc3)cc2=O)C2(CCCC2)C1. The highest BCUT2D eigenvalue weighted by Gasteiger charge is 2.54. The van der Waals surface area contributed by atoms with Crippen LogP contribution in [0.25, 0.3) is 11.1 Å². The number of rotatable bonds is 4. The van der Waals surface area contributed by atoms with E-state index in [0.717, 1.165) is 44.3 Å². The minimum atomic E-state index is -0.952. The molecule has 1 atom stereocenters. The molecule has 2 aliphatic rings. The van der Waals surface area contributed by atoms with Crippen LogP contribution in [-0.2, 0) is 6.54 Å². The van der Waals surface area contributed by atoms with Gasteiger partial charge in [0.15, 0.2) is 0 Å². The zero-order chi connectivity index (χ0) is 22.2. The predicted molar refractivity (Wildman–Crippen MR) is 122 cm³/mol. The van der Waals surface area contributed by atoms with E-state index in [4.69, 9.17) is 0 Å². The fraction of sp³-hybridized carbons (Fsp3) is 0.520. The molecule has 2 aromatic rings. The Hall–Kier alpha value is -2.44. The first-order chi connectivity index (χ1) is 14.7. The molecule has 1 unspecified atom stereocenters. The van der Waals surface area contributed by atoms with Crippen LogP contribution in [0.3, 0.4) is 0 Å². The number of pyridine rings is 1. The van der Waals surface area contributed by atoms with Gasteiger partial charge in [-0.15, -0.1) is 0 Å². The smallest absolute Gasteiger partial charge is 0.255 e. The van der Waals surface area contributed by atoms with E-state index in [1.165, 1.54) is 4.90 Å². The summed E-state index contributed by atoms with van der Waals surface area (Å²) in [5.74, 6) is -0.154. The Labute approximate surface area is 184 Å². The summed E-state index contributed by atoms with van der Waals surface area (Å²) in [5.41, 5.74) is 0.617. The quantitative estimate of drug-likeness (QED) is 0.821. The summed E-state index contributed by atoms with van der Waals surface area (Å²) in [7, 11) is 5.53. The second kappa shape index (κ2) is 8.24. The maximum absolute atomic E-state index is 13.2. The van der Waals surface area contributed by atoms with E-state index >= 15 is 0 Å². The van der Waals surface area contributed by atoms with Gasteiger partial charge in [0.05, 0.1) is 17.7 Å². The third-order valence-corrected chi connectivity index (χ3v) is 7.31. The van der Waals surface area contributed by atoms with Crippen molar-refractivity contribution in [2.24, 2.45) is 5.41 Å². The number of piperidine rings is 1. The van der Waals surface area contributed by atoms with Crippen LogP contribution in [0, 0.1) is 5.41 Å². The van der Waals surface area contributed by atoms with Crippen LogP contribution >= 0.6 is 0 Å². The molecule has 6 nitrogen and oxygen atoms in total. The lowest BCUT2D eigenvalue weighted by Gasteiger charge is -2.51. The van der Waals surface area contributed by atoms with E-state index in [2.05, 4.69) is 11.9 Å². The zero-order valence-corrected chi connectivity index (χ0v) is 18.8. The standard InChI is InChI=1S/C25H33N3O3/c1-26(2)23(30)21-16-28(22(29)15-20(21)19-9-5-4-6-10-19)18-25(31)13-14-27(3)17-24(25)11-7-8-12-24/h4-6,9-10,15-16,31H,7-8,11-14,17-18H2,1-3H3. The topological polar surface area (TPSA) is 65.8 Å². The third-order valence-electron chi connectivity index (χ3n) is 7.31. The van der Waals surface area contributed by atoms with E-state index in [0.29, 0.717) is 17.5 Å². The van der Waals surface area contributed by atoms with Crippen molar-refractivity contribution in [1.29, 1.82) is 0 Å². The summed E-state index contributed by atoms with van der Waals surface area (Å²) in [6.45, 7) is 1.88. The Morgan fingerprint density at radius 3 is 2.45 bits per heavy atom. The van der Waals surface area contributed by atoms with Crippen molar-refractivity contribution in [2.75, 3.05) is 34.2 Å². The number of carbonyl (C=O) groups excluding carboxylic acids is 1. The highest BCUT2D eigenvalue weighted by atomic mass is 16.3. The van der Waals surface area contributed by atoms with Crippen LogP contribution < -0.4 is 5.56 Å². The van der Waals surface area contributed by atoms with Crippen molar-refractivity contribution in [1.82, 2.24) is 14.4 Å². The number of aromatic nitrogens is 1. The molecule has 166 valence electrons. The van der Waals surface area contributed by atoms with Crippen molar-refractivity contribution < 1.29 is 9.90 Å². The van der Waals surface area contributed by atoms with Crippen molar-refractivity contribution in [3.63, 3.8) is 0 Å². The molecule has 1 saturated carbocycles. The minimum absolute atomic E-state index is 0.154. The lowest BCUT2D eigenvalue weighted by molar-refractivity contribution is -0.139. The summed E-state index contributed by atoms with van der Waals surface area (Å²) in [6.07, 6.45) is 6.48. The molecule has 1 aliphatic heterocycles. The molecule has 1 amide bonds. The first-order valence-corrected chi connectivity index (χ1v) is 11.2. The van der Waals surface area contributed by atoms with Gasteiger partial charge in [-0.25, -0.2) is 0 Å². The minimum Gasteiger partial charge on any atom is -0.387 e. The summed E-state index contributed by atoms with van der Waals surface area (Å²) in [5, 5.41) is 11.9. The lowest BCUT2D eigenvalue weighted by atomic mass is 9.66. The van der Waals surface area contributed by atoms with E-state index in [9.17, 15) is 14.7 Å². The lowest BCUT2D eigenvalue weighted by Crippen LogP contribution is -2.60. The first kappa shape index (κ1) is 21.8. The molecule has 1 aliphatic carbocycles. The molecule has 0 bridgehead atoms. The van der Waals surface area contributed by atoms with Gasteiger partial charge in [0.25, 0.3) is 11.5 Å². The molecule has 1 N–H and O–H groups in total. The molecule has 1 aromatic carbocycles. The summed E-state index contributed by atoms with van der Waals surface area (Å²) in [4.78, 5) is 30.0. The molecule has 1 aromatic heterocycles. The van der Waals surface area contributed by atoms with Gasteiger partial charge in [-0.2, -0.15) is 0 Å². The summed E-state index contributed by atoms with van der Waals surface area (Å²) in [6, 6.07) is 11.1. The summed E-state index contributed by atoms with van der Waals surface area (Å²) >= 11 is 0. The van der Waals surface area contributed by atoms with Gasteiger partial charge in [-0.3, -0.25) is 9.59 Å². The molecule has 6 heteroatoms. The Balaban J connectivity index is 1.78. The van der Waals surface area contributed by atoms with Crippen molar-refractivity contribution in [3.05, 3.63) is 58.5 Å². The Bertz CT molecular complexity index is 1010. The van der Waals surface area contributed by atoms with E-state index < -0.39 is 5.60 Å². The number of likely N-dealkylation sites (tertiary alicyclic amines) is 1. The molecule has 4 rings (SSSR count). The normalized spacial score (nSPS) is 23.2. The highest BCUT2D eigenvalue weighted by molar-refractivity contribution is 6.00. The maximum atomic E-state index is 13.2. The van der Waals surface area contributed by atoms with Gasteiger partial charge in [0.2, 0.25) is 0 Å². The number of benzene rings is 1. The van der Waals surface area contributed by atoms with Crippen molar-refractivity contribution in [3.8, 4) is 11.1 Å². The molecule has 2 heterocycles.